The summed E-state index contributed by atoms with van der Waals surface area (Å²) in [7, 11) is -2.64. The van der Waals surface area contributed by atoms with Gasteiger partial charge in [-0.25, -0.2) is 24.4 Å². The molecule has 6 amide bonds. The van der Waals surface area contributed by atoms with Crippen LogP contribution in [0.1, 0.15) is 134 Å². The second-order valence-electron chi connectivity index (χ2n) is 29.8. The Morgan fingerprint density at radius 1 is 0.806 bits per heavy atom. The number of unbranched alkanes of at least 4 members (excludes halogenated alkanes) is 2. The Kier molecular flexibility index (Phi) is 23.4. The van der Waals surface area contributed by atoms with Crippen LogP contribution in [0.5, 0.6) is 11.5 Å². The number of imide groups is 1. The van der Waals surface area contributed by atoms with E-state index in [0.717, 1.165) is 64.9 Å². The van der Waals surface area contributed by atoms with E-state index >= 15 is 0 Å². The molecule has 7 atom stereocenters. The molecule has 33 heteroatoms. The molecule has 10 N–H and O–H groups in total. The fourth-order valence-electron chi connectivity index (χ4n) is 17.1. The van der Waals surface area contributed by atoms with Crippen LogP contribution in [-0.2, 0) is 62.3 Å². The highest BCUT2D eigenvalue weighted by molar-refractivity contribution is 7.51. The number of carboxylic acid groups (broad SMARTS) is 2. The van der Waals surface area contributed by atoms with Crippen molar-refractivity contribution >= 4 is 99.4 Å². The number of nitrogens with zero attached hydrogens (tertiary/aromatic N) is 7. The minimum Gasteiger partial charge on any atom is -0.493 e. The molecule has 4 saturated carbocycles. The Hall–Kier alpha value is -9.50. The van der Waals surface area contributed by atoms with Crippen LogP contribution in [0.4, 0.5) is 21.4 Å². The number of aliphatic hydroxyl groups is 3. The highest BCUT2D eigenvalue weighted by atomic mass is 32.1. The molecule has 108 heavy (non-hydrogen) atoms. The maximum absolute atomic E-state index is 14.2. The number of carboxylic acids is 2. The van der Waals surface area contributed by atoms with E-state index in [1.165, 1.54) is 40.5 Å². The number of thiazole rings is 1. The smallest absolute Gasteiger partial charge is 0.409 e. The van der Waals surface area contributed by atoms with E-state index in [9.17, 15) is 78.2 Å². The van der Waals surface area contributed by atoms with Gasteiger partial charge in [0.25, 0.3) is 17.7 Å². The van der Waals surface area contributed by atoms with Crippen molar-refractivity contribution in [3.05, 3.63) is 125 Å². The number of aromatic nitrogens is 4. The van der Waals surface area contributed by atoms with Crippen LogP contribution in [0.15, 0.2) is 91.2 Å². The predicted octanol–water partition coefficient (Wildman–Crippen LogP) is 7.44. The van der Waals surface area contributed by atoms with Gasteiger partial charge >= 0.3 is 25.6 Å². The van der Waals surface area contributed by atoms with Gasteiger partial charge in [0.15, 0.2) is 16.9 Å². The zero-order valence-electron chi connectivity index (χ0n) is 60.2. The largest absolute Gasteiger partial charge is 0.493 e. The Bertz CT molecular complexity index is 4510. The molecular weight excluding hydrogens is 1440 g/mol. The van der Waals surface area contributed by atoms with Crippen LogP contribution in [0, 0.1) is 23.2 Å². The molecule has 7 aliphatic rings. The molecule has 3 aliphatic heterocycles. The lowest BCUT2D eigenvalue weighted by atomic mass is 9.39. The summed E-state index contributed by atoms with van der Waals surface area (Å²) in [6, 6.07) is 18.8. The van der Waals surface area contributed by atoms with E-state index < -0.39 is 73.7 Å². The SMILES string of the molecule is Cc1c(-c2ccc(N3CCc4c(OCCCP(=O)(O)O)ccc(C(=O)Nc5nc6ccccc6s5)c4C3)nc2C(=O)O)cnn1CC12CC3(C)CC(C)(C1)CC(OCCN(C)C(=O)OC/C=C/c1ccc(O[C@@H]4O[C@H](C(=O)O)[C@@H](O)[C@H](O)[C@H]4O)c(NC(=O)CCNC(=O)CCCCCN4C(=O)C=CC4=O)c1)(C3)C2. The van der Waals surface area contributed by atoms with Crippen LogP contribution >= 0.6 is 18.9 Å². The van der Waals surface area contributed by atoms with E-state index in [-0.39, 0.29) is 123 Å². The summed E-state index contributed by atoms with van der Waals surface area (Å²) in [5, 5.41) is 65.6. The molecule has 0 spiro atoms. The maximum Gasteiger partial charge on any atom is 0.409 e. The second kappa shape index (κ2) is 32.4. The molecule has 1 saturated heterocycles. The van der Waals surface area contributed by atoms with Crippen LogP contribution < -0.4 is 30.3 Å². The lowest BCUT2D eigenvalue weighted by Crippen LogP contribution is -2.64. The number of ether oxygens (including phenoxy) is 5. The number of rotatable bonds is 32. The monoisotopic (exact) mass is 1530 g/mol. The quantitative estimate of drug-likeness (QED) is 0.0111. The molecule has 6 aromatic rings. The molecule has 4 bridgehead atoms. The first-order valence-electron chi connectivity index (χ1n) is 35.9. The topological polar surface area (TPSA) is 431 Å². The molecule has 3 aromatic heterocycles. The van der Waals surface area contributed by atoms with Crippen molar-refractivity contribution < 1.29 is 102 Å². The normalized spacial score (nSPS) is 24.3. The van der Waals surface area contributed by atoms with Gasteiger partial charge in [-0.05, 0) is 153 Å². The molecule has 31 nitrogen and oxygen atoms in total. The number of aliphatic carboxylic acids is 1. The Morgan fingerprint density at radius 3 is 2.29 bits per heavy atom. The van der Waals surface area contributed by atoms with Gasteiger partial charge in [-0.1, -0.05) is 55.9 Å². The molecule has 3 aromatic carbocycles. The summed E-state index contributed by atoms with van der Waals surface area (Å²) in [5.41, 5.74) is 3.66. The van der Waals surface area contributed by atoms with Gasteiger partial charge < -0.3 is 79.4 Å². The van der Waals surface area contributed by atoms with Gasteiger partial charge in [0, 0.05) is 99.3 Å². The first-order valence-corrected chi connectivity index (χ1v) is 38.5. The first kappa shape index (κ1) is 78.1. The third kappa shape index (κ3) is 18.1. The number of carbonyl (C=O) groups is 8. The molecule has 0 radical (unpaired) electrons. The minimum atomic E-state index is -4.25. The Balaban J connectivity index is 0.661. The van der Waals surface area contributed by atoms with Gasteiger partial charge in [0.05, 0.1) is 47.1 Å². The number of likely N-dealkylation sites (N-methyl/N-ethyl adjacent to an activating group) is 1. The van der Waals surface area contributed by atoms with Crippen LogP contribution in [0.2, 0.25) is 0 Å². The summed E-state index contributed by atoms with van der Waals surface area (Å²) in [6.45, 7) is 8.15. The molecule has 2 unspecified atom stereocenters. The first-order chi connectivity index (χ1) is 51.4. The number of para-hydroxylation sites is 1. The van der Waals surface area contributed by atoms with Gasteiger partial charge in [-0.3, -0.25) is 43.4 Å². The van der Waals surface area contributed by atoms with Gasteiger partial charge in [0.1, 0.15) is 42.2 Å². The lowest BCUT2D eigenvalue weighted by molar-refractivity contribution is -0.271. The van der Waals surface area contributed by atoms with Crippen molar-refractivity contribution in [2.24, 2.45) is 16.2 Å². The number of fused-ring (bicyclic) bond motifs is 2. The summed E-state index contributed by atoms with van der Waals surface area (Å²) < 4.78 is 44.3. The Labute approximate surface area is 625 Å². The summed E-state index contributed by atoms with van der Waals surface area (Å²) >= 11 is 1.34. The van der Waals surface area contributed by atoms with Gasteiger partial charge in [-0.2, -0.15) is 5.10 Å². The average Bonchev–Trinajstić information content (AvgIpc) is 0.830. The number of benzene rings is 3. The fourth-order valence-corrected chi connectivity index (χ4v) is 18.5. The third-order valence-electron chi connectivity index (χ3n) is 20.9. The zero-order valence-corrected chi connectivity index (χ0v) is 61.9. The van der Waals surface area contributed by atoms with E-state index in [2.05, 4.69) is 34.8 Å². The van der Waals surface area contributed by atoms with Crippen molar-refractivity contribution in [1.82, 2.24) is 34.9 Å². The number of carbonyl (C=O) groups excluding carboxylic acids is 6. The van der Waals surface area contributed by atoms with Crippen molar-refractivity contribution in [2.75, 3.05) is 74.7 Å². The Morgan fingerprint density at radius 2 is 1.56 bits per heavy atom. The highest BCUT2D eigenvalue weighted by Crippen LogP contribution is 2.72. The van der Waals surface area contributed by atoms with Crippen molar-refractivity contribution in [3.63, 3.8) is 0 Å². The third-order valence-corrected chi connectivity index (χ3v) is 22.7. The van der Waals surface area contributed by atoms with Gasteiger partial charge in [0.2, 0.25) is 18.1 Å². The molecule has 4 aliphatic carbocycles. The second-order valence-corrected chi connectivity index (χ2v) is 32.6. The van der Waals surface area contributed by atoms with Crippen LogP contribution in [0.3, 0.4) is 0 Å². The number of anilines is 3. The minimum absolute atomic E-state index is 0.0132. The number of aliphatic hydroxyl groups excluding tert-OH is 3. The number of pyridine rings is 1. The van der Waals surface area contributed by atoms with E-state index in [4.69, 9.17) is 33.8 Å². The predicted molar refractivity (Wildman–Crippen MR) is 393 cm³/mol. The number of nitrogens with one attached hydrogen (secondary N) is 3. The zero-order chi connectivity index (χ0) is 77.0. The number of amides is 6. The van der Waals surface area contributed by atoms with E-state index in [1.807, 2.05) is 40.8 Å². The summed E-state index contributed by atoms with van der Waals surface area (Å²) in [4.78, 5) is 135. The molecule has 6 heterocycles. The maximum atomic E-state index is 14.2. The summed E-state index contributed by atoms with van der Waals surface area (Å²) in [6.07, 6.45) is 3.92. The lowest BCUT2D eigenvalue weighted by Gasteiger charge is -2.69. The van der Waals surface area contributed by atoms with Crippen molar-refractivity contribution in [1.29, 1.82) is 0 Å². The number of hydrogen-bond donors (Lipinski definition) is 10. The van der Waals surface area contributed by atoms with Crippen molar-refractivity contribution in [3.8, 4) is 22.6 Å². The molecule has 5 fully saturated rings. The molecule has 13 rings (SSSR count). The van der Waals surface area contributed by atoms with Crippen molar-refractivity contribution in [2.45, 2.75) is 154 Å². The average molecular weight is 1530 g/mol. The van der Waals surface area contributed by atoms with E-state index in [1.54, 1.807) is 55.7 Å². The summed E-state index contributed by atoms with van der Waals surface area (Å²) in [5.74, 6) is -4.21. The fraction of sp³-hybridized carbons (Fsp3) is 0.480. The number of hydrogen-bond acceptors (Lipinski definition) is 22. The van der Waals surface area contributed by atoms with Crippen LogP contribution in [0.25, 0.3) is 27.4 Å². The van der Waals surface area contributed by atoms with E-state index in [0.29, 0.717) is 83.3 Å². The van der Waals surface area contributed by atoms with Gasteiger partial charge in [-0.15, -0.1) is 0 Å². The van der Waals surface area contributed by atoms with Crippen LogP contribution in [-0.4, -0.2) is 208 Å². The molecular formula is C75H89N10O21PS. The number of aromatic carboxylic acids is 1. The highest BCUT2D eigenvalue weighted by Gasteiger charge is 2.66. The molecule has 576 valence electrons. The standard InChI is InChI=1S/C75H89N10O21PS/c1-44-49(47-18-21-56(80-61(47)67(94)95)83-28-25-46-50(36-83)48(17-20-53(46)102-31-11-33-107(99,100)101)66(93)81-70-79-51-13-7-8-14-55(51)108-70)35-77-85(44)43-74-38-72(2)37-73(3,39-74)41-75(40-72,42-74)104-32-29-82(4)71(98)103-30-10-12-45-16-19-54(105-69-64(92)62(90)63(91)65(106-69)68(96)97)52(34-45)78-58(87)24-26-76-57(86)15-6-5-9-27-84-59(88)22-23-60(84)89/h7-8,10,12-14,16-23,34-35,62-65,69,90-92H,5-6,9,11,15,24-33,36-43H2,1-4H3,(H,76,86)(H,78,87)(H,94,95)(H,96,97)(H,79,81,93)(H2,99,100,101)/b12-10+/t62-,63-,64+,65-,69+,72?,73?,74?,75?/m0/s1.